The highest BCUT2D eigenvalue weighted by molar-refractivity contribution is 5.80. The van der Waals surface area contributed by atoms with Gasteiger partial charge in [-0.15, -0.1) is 5.10 Å². The summed E-state index contributed by atoms with van der Waals surface area (Å²) in [6.45, 7) is 6.85. The summed E-state index contributed by atoms with van der Waals surface area (Å²) in [5, 5.41) is 8.74. The summed E-state index contributed by atoms with van der Waals surface area (Å²) in [7, 11) is 0. The maximum absolute atomic E-state index is 13.1. The Bertz CT molecular complexity index is 1240. The predicted octanol–water partition coefficient (Wildman–Crippen LogP) is 2.37. The Morgan fingerprint density at radius 1 is 1.00 bits per heavy atom. The number of alkyl halides is 3. The zero-order chi connectivity index (χ0) is 24.6. The molecule has 3 aromatic heterocycles. The van der Waals surface area contributed by atoms with Gasteiger partial charge in [0.25, 0.3) is 5.56 Å². The Morgan fingerprint density at radius 3 is 2.24 bits per heavy atom. The van der Waals surface area contributed by atoms with E-state index >= 15 is 0 Å². The molecule has 1 saturated heterocycles. The van der Waals surface area contributed by atoms with Crippen molar-refractivity contribution in [2.24, 2.45) is 0 Å². The Kier molecular flexibility index (Phi) is 6.15. The lowest BCUT2D eigenvalue weighted by Gasteiger charge is -2.36. The van der Waals surface area contributed by atoms with Crippen molar-refractivity contribution in [1.82, 2.24) is 29.4 Å². The molecule has 3 aromatic rings. The van der Waals surface area contributed by atoms with Crippen LogP contribution >= 0.6 is 0 Å². The van der Waals surface area contributed by atoms with Crippen molar-refractivity contribution in [3.8, 4) is 5.82 Å². The minimum Gasteiger partial charge on any atom is -0.353 e. The molecule has 9 nitrogen and oxygen atoms in total. The van der Waals surface area contributed by atoms with Gasteiger partial charge in [0.1, 0.15) is 11.9 Å². The molecular weight excluding hydrogens is 451 g/mol. The molecule has 0 bridgehead atoms. The molecule has 4 rings (SSSR count). The van der Waals surface area contributed by atoms with Gasteiger partial charge >= 0.3 is 6.18 Å². The maximum Gasteiger partial charge on any atom is 0.417 e. The molecule has 0 saturated carbocycles. The van der Waals surface area contributed by atoms with Crippen molar-refractivity contribution in [3.63, 3.8) is 0 Å². The van der Waals surface area contributed by atoms with Crippen molar-refractivity contribution < 1.29 is 18.0 Å². The van der Waals surface area contributed by atoms with Crippen LogP contribution in [-0.2, 0) is 11.0 Å². The normalized spacial score (nSPS) is 15.5. The Morgan fingerprint density at radius 2 is 1.68 bits per heavy atom. The van der Waals surface area contributed by atoms with Crippen LogP contribution in [0, 0.1) is 13.8 Å². The molecule has 1 aliphatic heterocycles. The van der Waals surface area contributed by atoms with Crippen LogP contribution in [-0.4, -0.2) is 61.5 Å². The molecule has 0 aromatic carbocycles. The second-order valence-corrected chi connectivity index (χ2v) is 8.20. The SMILES string of the molecule is Cc1cc(C)n(-c2ccc(=O)n(C(C)C(=O)N3CCN(c4ccc(C(F)(F)F)cn4)CC3)n2)n1. The molecule has 1 amide bonds. The van der Waals surface area contributed by atoms with E-state index in [4.69, 9.17) is 0 Å². The fourth-order valence-corrected chi connectivity index (χ4v) is 3.93. The van der Waals surface area contributed by atoms with Crippen LogP contribution in [0.2, 0.25) is 0 Å². The third kappa shape index (κ3) is 4.66. The highest BCUT2D eigenvalue weighted by atomic mass is 19.4. The highest BCUT2D eigenvalue weighted by Gasteiger charge is 2.32. The zero-order valence-corrected chi connectivity index (χ0v) is 19.0. The summed E-state index contributed by atoms with van der Waals surface area (Å²) >= 11 is 0. The van der Waals surface area contributed by atoms with E-state index in [1.54, 1.807) is 22.6 Å². The maximum atomic E-state index is 13.1. The smallest absolute Gasteiger partial charge is 0.353 e. The van der Waals surface area contributed by atoms with Gasteiger partial charge in [0.05, 0.1) is 11.3 Å². The minimum absolute atomic E-state index is 0.264. The van der Waals surface area contributed by atoms with Crippen molar-refractivity contribution in [1.29, 1.82) is 0 Å². The first-order chi connectivity index (χ1) is 16.0. The van der Waals surface area contributed by atoms with Crippen LogP contribution in [0.3, 0.4) is 0 Å². The van der Waals surface area contributed by atoms with Gasteiger partial charge in [-0.2, -0.15) is 18.3 Å². The molecule has 34 heavy (non-hydrogen) atoms. The monoisotopic (exact) mass is 475 g/mol. The number of amides is 1. The summed E-state index contributed by atoms with van der Waals surface area (Å²) in [5.41, 5.74) is 0.446. The predicted molar refractivity (Wildman–Crippen MR) is 118 cm³/mol. The fraction of sp³-hybridized carbons (Fsp3) is 0.409. The van der Waals surface area contributed by atoms with Crippen LogP contribution in [0.1, 0.15) is 29.9 Å². The van der Waals surface area contributed by atoms with E-state index in [1.165, 1.54) is 12.1 Å². The van der Waals surface area contributed by atoms with Crippen LogP contribution < -0.4 is 10.5 Å². The number of piperazine rings is 1. The van der Waals surface area contributed by atoms with Gasteiger partial charge in [-0.25, -0.2) is 14.3 Å². The van der Waals surface area contributed by atoms with Crippen molar-refractivity contribution >= 4 is 11.7 Å². The molecule has 0 spiro atoms. The Labute approximate surface area is 193 Å². The number of rotatable bonds is 4. The number of halogens is 3. The first-order valence-electron chi connectivity index (χ1n) is 10.7. The molecular formula is C22H24F3N7O2. The third-order valence-corrected chi connectivity index (χ3v) is 5.75. The third-order valence-electron chi connectivity index (χ3n) is 5.75. The Balaban J connectivity index is 1.45. The quantitative estimate of drug-likeness (QED) is 0.576. The lowest BCUT2D eigenvalue weighted by molar-refractivity contribution is -0.138. The second-order valence-electron chi connectivity index (χ2n) is 8.20. The molecule has 4 heterocycles. The summed E-state index contributed by atoms with van der Waals surface area (Å²) in [4.78, 5) is 32.9. The first-order valence-corrected chi connectivity index (χ1v) is 10.7. The van der Waals surface area contributed by atoms with E-state index in [-0.39, 0.29) is 5.91 Å². The average Bonchev–Trinajstić information content (AvgIpc) is 3.16. The number of aromatic nitrogens is 5. The molecule has 1 unspecified atom stereocenters. The number of anilines is 1. The summed E-state index contributed by atoms with van der Waals surface area (Å²) in [6, 6.07) is 6.30. The van der Waals surface area contributed by atoms with Gasteiger partial charge in [-0.3, -0.25) is 9.59 Å². The topological polar surface area (TPSA) is 89.2 Å². The van der Waals surface area contributed by atoms with Gasteiger partial charge in [0, 0.05) is 44.1 Å². The number of nitrogens with zero attached hydrogens (tertiary/aromatic N) is 7. The number of aryl methyl sites for hydroxylation is 2. The van der Waals surface area contributed by atoms with E-state index in [2.05, 4.69) is 15.2 Å². The number of hydrogen-bond acceptors (Lipinski definition) is 6. The molecule has 1 aliphatic rings. The van der Waals surface area contributed by atoms with Crippen LogP contribution in [0.4, 0.5) is 19.0 Å². The van der Waals surface area contributed by atoms with Gasteiger partial charge in [0.2, 0.25) is 5.91 Å². The van der Waals surface area contributed by atoms with Gasteiger partial charge in [-0.1, -0.05) is 0 Å². The molecule has 0 radical (unpaired) electrons. The average molecular weight is 475 g/mol. The molecule has 12 heteroatoms. The van der Waals surface area contributed by atoms with Crippen molar-refractivity contribution in [3.05, 3.63) is 63.8 Å². The number of hydrogen-bond donors (Lipinski definition) is 0. The minimum atomic E-state index is -4.44. The van der Waals surface area contributed by atoms with Crippen LogP contribution in [0.25, 0.3) is 5.82 Å². The van der Waals surface area contributed by atoms with Gasteiger partial charge < -0.3 is 9.80 Å². The van der Waals surface area contributed by atoms with Gasteiger partial charge in [0.15, 0.2) is 5.82 Å². The largest absolute Gasteiger partial charge is 0.417 e. The summed E-state index contributed by atoms with van der Waals surface area (Å²) in [5.74, 6) is 0.590. The summed E-state index contributed by atoms with van der Waals surface area (Å²) < 4.78 is 41.0. The molecule has 180 valence electrons. The standard InChI is InChI=1S/C22H24F3N7O2/c1-14-12-15(2)31(27-14)19-6-7-20(33)32(28-19)16(3)21(34)30-10-8-29(9-11-30)18-5-4-17(13-26-18)22(23,24)25/h4-7,12-13,16H,8-11H2,1-3H3. The van der Waals surface area contributed by atoms with E-state index in [9.17, 15) is 22.8 Å². The Hall–Kier alpha value is -3.70. The molecule has 1 atom stereocenters. The highest BCUT2D eigenvalue weighted by Crippen LogP contribution is 2.29. The van der Waals surface area contributed by atoms with E-state index in [1.807, 2.05) is 24.8 Å². The van der Waals surface area contributed by atoms with E-state index in [0.717, 1.165) is 28.3 Å². The van der Waals surface area contributed by atoms with Gasteiger partial charge in [-0.05, 0) is 45.0 Å². The second kappa shape index (κ2) is 8.92. The van der Waals surface area contributed by atoms with Crippen LogP contribution in [0.5, 0.6) is 0 Å². The molecule has 0 aliphatic carbocycles. The molecule has 1 fully saturated rings. The van der Waals surface area contributed by atoms with E-state index in [0.29, 0.717) is 37.8 Å². The lowest BCUT2D eigenvalue weighted by atomic mass is 10.2. The number of carbonyl (C=O) groups excluding carboxylic acids is 1. The lowest BCUT2D eigenvalue weighted by Crippen LogP contribution is -2.51. The van der Waals surface area contributed by atoms with Crippen molar-refractivity contribution in [2.45, 2.75) is 33.0 Å². The fourth-order valence-electron chi connectivity index (χ4n) is 3.93. The molecule has 0 N–H and O–H groups in total. The van der Waals surface area contributed by atoms with Crippen LogP contribution in [0.15, 0.2) is 41.3 Å². The number of carbonyl (C=O) groups is 1. The first kappa shape index (κ1) is 23.5. The summed E-state index contributed by atoms with van der Waals surface area (Å²) in [6.07, 6.45) is -3.63. The van der Waals surface area contributed by atoms with Crippen molar-refractivity contribution in [2.75, 3.05) is 31.1 Å². The van der Waals surface area contributed by atoms with E-state index < -0.39 is 23.3 Å². The number of pyridine rings is 1. The zero-order valence-electron chi connectivity index (χ0n) is 19.0.